The van der Waals surface area contributed by atoms with E-state index in [9.17, 15) is 4.79 Å². The van der Waals surface area contributed by atoms with Crippen molar-refractivity contribution in [2.24, 2.45) is 0 Å². The van der Waals surface area contributed by atoms with Gasteiger partial charge in [0.15, 0.2) is 17.3 Å². The summed E-state index contributed by atoms with van der Waals surface area (Å²) in [6.07, 6.45) is 2.82. The zero-order valence-corrected chi connectivity index (χ0v) is 14.3. The first-order valence-corrected chi connectivity index (χ1v) is 8.11. The number of hydrogen-bond acceptors (Lipinski definition) is 9. The molecule has 0 unspecified atom stereocenters. The molecule has 124 valence electrons. The fourth-order valence-corrected chi connectivity index (χ4v) is 2.91. The molecule has 0 spiro atoms. The predicted octanol–water partition coefficient (Wildman–Crippen LogP) is 3.47. The number of thiazole rings is 1. The summed E-state index contributed by atoms with van der Waals surface area (Å²) in [6.45, 7) is 3.78. The minimum Gasteiger partial charge on any atom is -0.462 e. The lowest BCUT2D eigenvalue weighted by Crippen LogP contribution is -2.03. The van der Waals surface area contributed by atoms with Crippen molar-refractivity contribution < 1.29 is 13.9 Å². The summed E-state index contributed by atoms with van der Waals surface area (Å²) >= 11 is 7.17. The quantitative estimate of drug-likeness (QED) is 0.541. The Morgan fingerprint density at radius 2 is 2.25 bits per heavy atom. The molecule has 3 aromatic rings. The minimum absolute atomic E-state index is 0.234. The molecule has 24 heavy (non-hydrogen) atoms. The first-order chi connectivity index (χ1) is 11.6. The van der Waals surface area contributed by atoms with Crippen molar-refractivity contribution >= 4 is 40.0 Å². The fraction of sp³-hybridized carbons (Fsp3) is 0.214. The molecule has 3 heterocycles. The Morgan fingerprint density at radius 3 is 2.96 bits per heavy atom. The van der Waals surface area contributed by atoms with E-state index >= 15 is 0 Å². The van der Waals surface area contributed by atoms with Crippen LogP contribution in [-0.2, 0) is 4.74 Å². The highest BCUT2D eigenvalue weighted by Gasteiger charge is 2.17. The third kappa shape index (κ3) is 3.52. The van der Waals surface area contributed by atoms with Crippen LogP contribution in [0.5, 0.6) is 0 Å². The van der Waals surface area contributed by atoms with E-state index in [2.05, 4.69) is 25.3 Å². The number of halogens is 1. The summed E-state index contributed by atoms with van der Waals surface area (Å²) in [7, 11) is 0. The molecule has 0 bridgehead atoms. The van der Waals surface area contributed by atoms with E-state index in [1.165, 1.54) is 12.6 Å². The SMILES string of the molecule is CCOC(=O)c1sc(Nc2nc(Cl)cc(-c3cnco3)n2)nc1C. The van der Waals surface area contributed by atoms with Gasteiger partial charge in [-0.1, -0.05) is 22.9 Å². The van der Waals surface area contributed by atoms with Gasteiger partial charge < -0.3 is 9.15 Å². The molecule has 0 amide bonds. The van der Waals surface area contributed by atoms with Crippen molar-refractivity contribution in [3.63, 3.8) is 0 Å². The number of aryl methyl sites for hydroxylation is 1. The average molecular weight is 366 g/mol. The van der Waals surface area contributed by atoms with Gasteiger partial charge in [0, 0.05) is 6.07 Å². The maximum atomic E-state index is 11.8. The Morgan fingerprint density at radius 1 is 1.42 bits per heavy atom. The fourth-order valence-electron chi connectivity index (χ4n) is 1.87. The highest BCUT2D eigenvalue weighted by molar-refractivity contribution is 7.17. The second kappa shape index (κ2) is 6.93. The van der Waals surface area contributed by atoms with Crippen molar-refractivity contribution in [2.75, 3.05) is 11.9 Å². The highest BCUT2D eigenvalue weighted by Crippen LogP contribution is 2.27. The van der Waals surface area contributed by atoms with Crippen LogP contribution >= 0.6 is 22.9 Å². The van der Waals surface area contributed by atoms with E-state index in [0.29, 0.717) is 33.8 Å². The molecule has 1 N–H and O–H groups in total. The van der Waals surface area contributed by atoms with Gasteiger partial charge in [-0.05, 0) is 13.8 Å². The van der Waals surface area contributed by atoms with Crippen LogP contribution in [0.2, 0.25) is 5.15 Å². The number of rotatable bonds is 5. The maximum Gasteiger partial charge on any atom is 0.350 e. The van der Waals surface area contributed by atoms with E-state index in [-0.39, 0.29) is 11.1 Å². The predicted molar refractivity (Wildman–Crippen MR) is 88.6 cm³/mol. The molecule has 10 heteroatoms. The summed E-state index contributed by atoms with van der Waals surface area (Å²) in [5, 5.41) is 3.63. The van der Waals surface area contributed by atoms with Crippen molar-refractivity contribution in [3.05, 3.63) is 34.4 Å². The van der Waals surface area contributed by atoms with Crippen molar-refractivity contribution in [1.29, 1.82) is 0 Å². The molecule has 3 aromatic heterocycles. The summed E-state index contributed by atoms with van der Waals surface area (Å²) in [5.74, 6) is 0.290. The number of carbonyl (C=O) groups excluding carboxylic acids is 1. The van der Waals surface area contributed by atoms with E-state index in [0.717, 1.165) is 11.3 Å². The molecule has 0 saturated carbocycles. The number of hydrogen-bond donors (Lipinski definition) is 1. The highest BCUT2D eigenvalue weighted by atomic mass is 35.5. The molecule has 0 atom stereocenters. The van der Waals surface area contributed by atoms with Crippen LogP contribution in [0.3, 0.4) is 0 Å². The van der Waals surface area contributed by atoms with Crippen LogP contribution in [0.4, 0.5) is 11.1 Å². The molecule has 0 radical (unpaired) electrons. The van der Waals surface area contributed by atoms with Crippen LogP contribution < -0.4 is 5.32 Å². The third-order valence-corrected chi connectivity index (χ3v) is 4.10. The summed E-state index contributed by atoms with van der Waals surface area (Å²) < 4.78 is 10.2. The van der Waals surface area contributed by atoms with Crippen LogP contribution in [0, 0.1) is 6.92 Å². The molecule has 3 rings (SSSR count). The average Bonchev–Trinajstić information content (AvgIpc) is 3.17. The van der Waals surface area contributed by atoms with Gasteiger partial charge in [-0.15, -0.1) is 0 Å². The number of carbonyl (C=O) groups is 1. The van der Waals surface area contributed by atoms with Gasteiger partial charge in [0.1, 0.15) is 15.7 Å². The minimum atomic E-state index is -0.407. The van der Waals surface area contributed by atoms with Crippen LogP contribution in [0.15, 0.2) is 23.1 Å². The number of nitrogens with one attached hydrogen (secondary N) is 1. The van der Waals surface area contributed by atoms with E-state index < -0.39 is 5.97 Å². The van der Waals surface area contributed by atoms with Crippen molar-refractivity contribution in [1.82, 2.24) is 19.9 Å². The topological polar surface area (TPSA) is 103 Å². The molecular formula is C14H12ClN5O3S. The Kier molecular flexibility index (Phi) is 4.72. The third-order valence-electron chi connectivity index (χ3n) is 2.86. The molecule has 0 aliphatic rings. The van der Waals surface area contributed by atoms with Crippen LogP contribution in [0.25, 0.3) is 11.5 Å². The standard InChI is InChI=1S/C14H12ClN5O3S/c1-3-22-12(21)11-7(2)17-14(24-11)20-13-18-8(4-10(15)19-13)9-5-16-6-23-9/h4-6H,3H2,1-2H3,(H,17,18,19,20). The van der Waals surface area contributed by atoms with Crippen LogP contribution in [0.1, 0.15) is 22.3 Å². The number of ether oxygens (including phenoxy) is 1. The smallest absolute Gasteiger partial charge is 0.350 e. The molecule has 0 fully saturated rings. The number of aromatic nitrogens is 4. The zero-order valence-electron chi connectivity index (χ0n) is 12.7. The van der Waals surface area contributed by atoms with Crippen LogP contribution in [-0.4, -0.2) is 32.5 Å². The summed E-state index contributed by atoms with van der Waals surface area (Å²) in [6, 6.07) is 1.56. The zero-order chi connectivity index (χ0) is 17.1. The van der Waals surface area contributed by atoms with Crippen molar-refractivity contribution in [2.45, 2.75) is 13.8 Å². The largest absolute Gasteiger partial charge is 0.462 e. The number of anilines is 2. The number of oxazole rings is 1. The number of esters is 1. The maximum absolute atomic E-state index is 11.8. The van der Waals surface area contributed by atoms with Gasteiger partial charge in [0.25, 0.3) is 0 Å². The summed E-state index contributed by atoms with van der Waals surface area (Å²) in [5.41, 5.74) is 1.05. The molecule has 0 aromatic carbocycles. The second-order valence-electron chi connectivity index (χ2n) is 4.54. The van der Waals surface area contributed by atoms with Gasteiger partial charge in [-0.3, -0.25) is 5.32 Å². The van der Waals surface area contributed by atoms with Gasteiger partial charge >= 0.3 is 5.97 Å². The first-order valence-electron chi connectivity index (χ1n) is 6.92. The van der Waals surface area contributed by atoms with Gasteiger partial charge in [0.05, 0.1) is 18.5 Å². The summed E-state index contributed by atoms with van der Waals surface area (Å²) in [4.78, 5) is 28.8. The lowest BCUT2D eigenvalue weighted by Gasteiger charge is -2.03. The van der Waals surface area contributed by atoms with E-state index in [4.69, 9.17) is 20.8 Å². The van der Waals surface area contributed by atoms with E-state index in [1.807, 2.05) is 0 Å². The normalized spacial score (nSPS) is 10.6. The lowest BCUT2D eigenvalue weighted by molar-refractivity contribution is 0.0531. The molecule has 8 nitrogen and oxygen atoms in total. The van der Waals surface area contributed by atoms with Crippen molar-refractivity contribution in [3.8, 4) is 11.5 Å². The molecular weight excluding hydrogens is 354 g/mol. The Hall–Kier alpha value is -2.52. The Bertz CT molecular complexity index is 865. The van der Waals surface area contributed by atoms with Gasteiger partial charge in [-0.25, -0.2) is 24.7 Å². The lowest BCUT2D eigenvalue weighted by atomic mass is 10.3. The Balaban J connectivity index is 1.86. The molecule has 0 aliphatic heterocycles. The van der Waals surface area contributed by atoms with Gasteiger partial charge in [0.2, 0.25) is 5.95 Å². The van der Waals surface area contributed by atoms with E-state index in [1.54, 1.807) is 19.9 Å². The molecule has 0 aliphatic carbocycles. The Labute approximate surface area is 145 Å². The monoisotopic (exact) mass is 365 g/mol. The molecule has 0 saturated heterocycles. The van der Waals surface area contributed by atoms with Gasteiger partial charge in [-0.2, -0.15) is 0 Å². The number of nitrogens with zero attached hydrogens (tertiary/aromatic N) is 4. The second-order valence-corrected chi connectivity index (χ2v) is 5.93. The first kappa shape index (κ1) is 16.3.